The first-order chi connectivity index (χ1) is 47.8. The molecule has 0 unspecified atom stereocenters. The molecule has 9 aliphatic carbocycles. The molecular formula is C90H116N5+5. The van der Waals surface area contributed by atoms with Gasteiger partial charge in [-0.25, -0.2) is 22.8 Å². The van der Waals surface area contributed by atoms with Crippen molar-refractivity contribution < 1.29 is 37.9 Å². The number of rotatable bonds is 5. The molecule has 0 radical (unpaired) electrons. The Morgan fingerprint density at radius 1 is 0.347 bits per heavy atom. The summed E-state index contributed by atoms with van der Waals surface area (Å²) in [4.78, 5) is 0. The number of pyridine rings is 5. The van der Waals surface area contributed by atoms with Crippen molar-refractivity contribution in [3.05, 3.63) is 266 Å². The van der Waals surface area contributed by atoms with E-state index in [1.54, 1.807) is 23.3 Å². The van der Waals surface area contributed by atoms with Crippen LogP contribution in [0.3, 0.4) is 0 Å². The molecule has 496 valence electrons. The highest BCUT2D eigenvalue weighted by Gasteiger charge is 2.40. The van der Waals surface area contributed by atoms with Gasteiger partial charge in [-0.05, 0) is 247 Å². The van der Waals surface area contributed by atoms with Gasteiger partial charge in [0.15, 0.2) is 31.0 Å². The summed E-state index contributed by atoms with van der Waals surface area (Å²) in [5.74, 6) is 2.27. The number of hydrogen-bond donors (Lipinski definition) is 0. The minimum Gasteiger partial charge on any atom is -0.201 e. The zero-order valence-corrected chi connectivity index (χ0v) is 54.6. The average molecular weight is 1280 g/mol. The van der Waals surface area contributed by atoms with Crippen molar-refractivity contribution in [3.63, 3.8) is 0 Å². The fourth-order valence-corrected chi connectivity index (χ4v) is 14.9. The molecule has 19 rings (SSSR count). The molecule has 4 bridgehead atoms. The van der Waals surface area contributed by atoms with Crippen LogP contribution in [-0.4, -0.2) is 0 Å². The van der Waals surface area contributed by atoms with Crippen molar-refractivity contribution in [2.75, 3.05) is 0 Å². The highest BCUT2D eigenvalue weighted by molar-refractivity contribution is 5.68. The van der Waals surface area contributed by atoms with E-state index in [-0.39, 0.29) is 62.3 Å². The second-order valence-electron chi connectivity index (χ2n) is 26.3. The highest BCUT2D eigenvalue weighted by Crippen LogP contribution is 2.51. The van der Waals surface area contributed by atoms with E-state index in [1.165, 1.54) is 75.2 Å². The van der Waals surface area contributed by atoms with Crippen LogP contribution in [0.1, 0.15) is 199 Å². The van der Waals surface area contributed by atoms with Gasteiger partial charge in [-0.1, -0.05) is 128 Å². The molecule has 5 heterocycles. The molecule has 95 heavy (non-hydrogen) atoms. The van der Waals surface area contributed by atoms with Gasteiger partial charge in [0.2, 0.25) is 28.5 Å². The van der Waals surface area contributed by atoms with Crippen LogP contribution in [-0.2, 0) is 86.4 Å². The second-order valence-corrected chi connectivity index (χ2v) is 26.3. The van der Waals surface area contributed by atoms with Crippen LogP contribution in [0.5, 0.6) is 0 Å². The molecule has 0 aliphatic heterocycles. The maximum absolute atomic E-state index is 8.65. The normalized spacial score (nSPS) is 22.3. The Morgan fingerprint density at radius 3 is 1.17 bits per heavy atom. The monoisotopic (exact) mass is 1280 g/mol. The molecular weight excluding hydrogens is 1150 g/mol. The number of nitrogens with zero attached hydrogens (tertiary/aromatic N) is 5. The molecule has 2 fully saturated rings. The summed E-state index contributed by atoms with van der Waals surface area (Å²) in [5, 5.41) is 0. The van der Waals surface area contributed by atoms with Crippen LogP contribution in [0, 0.1) is 46.5 Å². The Kier molecular flexibility index (Phi) is 19.4. The number of fused-ring (bicyclic) bond motifs is 3. The van der Waals surface area contributed by atoms with E-state index in [1.807, 2.05) is 123 Å². The zero-order valence-electron chi connectivity index (χ0n) is 65.6. The minimum atomic E-state index is -1.66. The molecule has 10 aromatic rings. The summed E-state index contributed by atoms with van der Waals surface area (Å²) < 4.78 is 102. The first kappa shape index (κ1) is 58.2. The standard InChI is InChI=1S/2C18H20N.C17H20N.2C16H18N.5CH4/c2*1-12-5-3-4-6-16(12)18-10-17-14-7-13(8-14)9-15(17)11-19(18)2;1-13-7-3-5-9-15(13)17-16-10-6-4-8-14(16)11-12-18(17)2;1-12-6-3-4-9-15(12)16-10-13-7-5-8-14(13)11-17(16)2;1-12-6-3-4-8-14(12)16-15-9-5-7-13(15)10-11-17(16)2;;;;;/h2*3-6,10-11,13-14H,7-9H2,1-2H3;3,5,7,9,11-12H,4,6,8,10H2,1-2H3;3-4,6,9-11H,5,7-8H2,1-2H3;3-4,6,8,10-11H,5,7,9H2,1-2H3;5*1H4/q5*+1;;;;;/i14D;;8D2,10D2;7D2;7D2,9D2;;;;;. The Bertz CT molecular complexity index is 4860. The summed E-state index contributed by atoms with van der Waals surface area (Å²) in [6.45, 7) is 10.5. The van der Waals surface area contributed by atoms with Gasteiger partial charge in [-0.15, -0.1) is 0 Å². The number of hydrogen-bond acceptors (Lipinski definition) is 0. The molecule has 0 amide bonds. The Morgan fingerprint density at radius 2 is 0.705 bits per heavy atom. The van der Waals surface area contributed by atoms with Gasteiger partial charge in [-0.2, -0.15) is 0 Å². The van der Waals surface area contributed by atoms with Crippen LogP contribution >= 0.6 is 0 Å². The smallest absolute Gasteiger partial charge is 0.201 e. The largest absolute Gasteiger partial charge is 0.216 e. The summed E-state index contributed by atoms with van der Waals surface area (Å²) in [7, 11) is 10.1. The molecule has 2 saturated carbocycles. The van der Waals surface area contributed by atoms with E-state index in [9.17, 15) is 0 Å². The molecule has 5 aromatic heterocycles. The maximum Gasteiger partial charge on any atom is 0.216 e. The third-order valence-corrected chi connectivity index (χ3v) is 20.0. The predicted octanol–water partition coefficient (Wildman–Crippen LogP) is 19.6. The lowest BCUT2D eigenvalue weighted by molar-refractivity contribution is -0.661. The van der Waals surface area contributed by atoms with Gasteiger partial charge in [0.25, 0.3) is 0 Å². The van der Waals surface area contributed by atoms with Crippen molar-refractivity contribution in [2.45, 2.75) is 186 Å². The molecule has 5 heteroatoms. The summed E-state index contributed by atoms with van der Waals surface area (Å²) in [6, 6.07) is 51.4. The Labute approximate surface area is 590 Å². The van der Waals surface area contributed by atoms with Crippen molar-refractivity contribution >= 4 is 0 Å². The molecule has 0 N–H and O–H groups in total. The Hall–Kier alpha value is -8.15. The van der Waals surface area contributed by atoms with Gasteiger partial charge in [0.05, 0.1) is 0 Å². The third kappa shape index (κ3) is 15.1. The predicted molar refractivity (Wildman–Crippen MR) is 402 cm³/mol. The van der Waals surface area contributed by atoms with Crippen molar-refractivity contribution in [1.29, 1.82) is 0 Å². The van der Waals surface area contributed by atoms with Crippen LogP contribution in [0.15, 0.2) is 183 Å². The molecule has 0 spiro atoms. The van der Waals surface area contributed by atoms with Gasteiger partial charge in [0, 0.05) is 101 Å². The van der Waals surface area contributed by atoms with Gasteiger partial charge in [0.1, 0.15) is 35.2 Å². The van der Waals surface area contributed by atoms with E-state index in [0.717, 1.165) is 93.9 Å². The fraction of sp³-hybridized carbons (Fsp3) is 0.389. The zero-order chi connectivity index (χ0) is 72.0. The minimum absolute atomic E-state index is 0. The van der Waals surface area contributed by atoms with Crippen LogP contribution in [0.2, 0.25) is 0 Å². The quantitative estimate of drug-likeness (QED) is 0.153. The molecule has 5 aromatic carbocycles. The van der Waals surface area contributed by atoms with Crippen LogP contribution in [0.4, 0.5) is 0 Å². The maximum atomic E-state index is 8.65. The van der Waals surface area contributed by atoms with Crippen LogP contribution in [0.25, 0.3) is 56.3 Å². The fourth-order valence-electron chi connectivity index (χ4n) is 14.9. The van der Waals surface area contributed by atoms with E-state index >= 15 is 0 Å². The SMILES string of the molecule is C.C.C.C.C.Cc1ccccc1-c1cc2c(c[n+]1C)CC1CC2C1.[2H]C1([2H])CC([2H])([2H])c2c1cc[n+](C)c2-c1ccccc1C.[2H]C1([2H])CCC([2H])([2H])c2c1cc[n+](C)c2-c1ccccc1C.[2H]C1([2H])CCc2c[n+](C)c(-c3ccccc3C)cc21.[2H]C12CC(Cc3c[n+](C)c(-c4ccccc4C)cc31)C2. The lowest BCUT2D eigenvalue weighted by Gasteiger charge is -2.41. The molecule has 0 saturated heterocycles. The van der Waals surface area contributed by atoms with E-state index < -0.39 is 31.9 Å². The average Bonchev–Trinajstić information content (AvgIpc) is 1.58. The van der Waals surface area contributed by atoms with E-state index in [2.05, 4.69) is 140 Å². The van der Waals surface area contributed by atoms with E-state index in [4.69, 9.17) is 15.1 Å². The van der Waals surface area contributed by atoms with Crippen molar-refractivity contribution in [3.8, 4) is 56.3 Å². The van der Waals surface area contributed by atoms with Crippen molar-refractivity contribution in [2.24, 2.45) is 47.1 Å². The first-order valence-corrected chi connectivity index (χ1v) is 32.7. The lowest BCUT2D eigenvalue weighted by atomic mass is 9.63. The topological polar surface area (TPSA) is 19.4 Å². The summed E-state index contributed by atoms with van der Waals surface area (Å²) >= 11 is 0. The van der Waals surface area contributed by atoms with Gasteiger partial charge < -0.3 is 0 Å². The number of aryl methyl sites for hydroxylation is 14. The summed E-state index contributed by atoms with van der Waals surface area (Å²) in [6.07, 6.45) is 12.1. The number of benzene rings is 5. The highest BCUT2D eigenvalue weighted by atomic mass is 14.9. The van der Waals surface area contributed by atoms with Gasteiger partial charge >= 0.3 is 0 Å². The van der Waals surface area contributed by atoms with Crippen LogP contribution < -0.4 is 22.8 Å². The lowest BCUT2D eigenvalue weighted by Crippen LogP contribution is -2.37. The molecule has 0 atom stereocenters. The van der Waals surface area contributed by atoms with E-state index in [0.29, 0.717) is 28.7 Å². The molecule has 5 nitrogen and oxygen atoms in total. The summed E-state index contributed by atoms with van der Waals surface area (Å²) in [5.41, 5.74) is 26.8. The second kappa shape index (κ2) is 31.6. The van der Waals surface area contributed by atoms with Crippen molar-refractivity contribution in [1.82, 2.24) is 0 Å². The first-order valence-electron chi connectivity index (χ1n) is 38.2. The Balaban J connectivity index is 0.000000165. The third-order valence-electron chi connectivity index (χ3n) is 20.0. The molecule has 9 aliphatic rings. The van der Waals surface area contributed by atoms with Gasteiger partial charge in [-0.3, -0.25) is 0 Å². The number of aromatic nitrogens is 5.